The number of hydrogen-bond acceptors (Lipinski definition) is 3. The molecule has 4 nitrogen and oxygen atoms in total. The summed E-state index contributed by atoms with van der Waals surface area (Å²) in [6, 6.07) is 0. The van der Waals surface area contributed by atoms with Crippen LogP contribution >= 0.6 is 0 Å². The number of carbonyl (C=O) groups excluding carboxylic acids is 1. The maximum absolute atomic E-state index is 11.7. The quantitative estimate of drug-likeness (QED) is 0.741. The molecule has 0 saturated carbocycles. The monoisotopic (exact) mass is 228 g/mol. The third-order valence-electron chi connectivity index (χ3n) is 2.79. The summed E-state index contributed by atoms with van der Waals surface area (Å²) in [5.41, 5.74) is -0.151. The van der Waals surface area contributed by atoms with Crippen molar-refractivity contribution >= 4 is 5.91 Å². The van der Waals surface area contributed by atoms with Crippen molar-refractivity contribution in [2.45, 2.75) is 39.2 Å². The Morgan fingerprint density at radius 1 is 1.50 bits per heavy atom. The number of aliphatic hydroxyl groups excluding tert-OH is 1. The first-order valence-electron chi connectivity index (χ1n) is 6.05. The van der Waals surface area contributed by atoms with Crippen molar-refractivity contribution in [3.63, 3.8) is 0 Å². The zero-order valence-electron chi connectivity index (χ0n) is 10.6. The van der Waals surface area contributed by atoms with Gasteiger partial charge in [0, 0.05) is 18.7 Å². The van der Waals surface area contributed by atoms with E-state index in [4.69, 9.17) is 5.11 Å². The van der Waals surface area contributed by atoms with Crippen LogP contribution in [0.25, 0.3) is 0 Å². The lowest BCUT2D eigenvalue weighted by molar-refractivity contribution is -0.123. The molecule has 1 aliphatic heterocycles. The van der Waals surface area contributed by atoms with Gasteiger partial charge in [-0.3, -0.25) is 9.69 Å². The summed E-state index contributed by atoms with van der Waals surface area (Å²) >= 11 is 0. The second kappa shape index (κ2) is 5.64. The van der Waals surface area contributed by atoms with E-state index in [1.54, 1.807) is 0 Å². The van der Waals surface area contributed by atoms with E-state index in [9.17, 15) is 4.79 Å². The van der Waals surface area contributed by atoms with Crippen molar-refractivity contribution < 1.29 is 9.90 Å². The highest BCUT2D eigenvalue weighted by atomic mass is 16.3. The van der Waals surface area contributed by atoms with E-state index in [1.165, 1.54) is 0 Å². The zero-order valence-corrected chi connectivity index (χ0v) is 10.6. The lowest BCUT2D eigenvalue weighted by atomic mass is 10.1. The summed E-state index contributed by atoms with van der Waals surface area (Å²) in [6.45, 7) is 8.63. The molecule has 0 aromatic rings. The lowest BCUT2D eigenvalue weighted by Gasteiger charge is -2.23. The number of amides is 1. The standard InChI is InChI=1S/C12H24N2O2/c1-12(2,3)13-11(16)9-14-6-4-10(8-14)5-7-15/h10,15H,4-9H2,1-3H3,(H,13,16). The van der Waals surface area contributed by atoms with Crippen LogP contribution in [0.15, 0.2) is 0 Å². The van der Waals surface area contributed by atoms with Crippen LogP contribution in [0.5, 0.6) is 0 Å². The first-order valence-corrected chi connectivity index (χ1v) is 6.05. The van der Waals surface area contributed by atoms with Crippen LogP contribution in [0.2, 0.25) is 0 Å². The molecular formula is C12H24N2O2. The molecular weight excluding hydrogens is 204 g/mol. The highest BCUT2D eigenvalue weighted by Crippen LogP contribution is 2.18. The molecule has 1 heterocycles. The Labute approximate surface area is 98.0 Å². The summed E-state index contributed by atoms with van der Waals surface area (Å²) in [4.78, 5) is 13.8. The molecule has 16 heavy (non-hydrogen) atoms. The summed E-state index contributed by atoms with van der Waals surface area (Å²) in [7, 11) is 0. The van der Waals surface area contributed by atoms with E-state index in [0.29, 0.717) is 12.5 Å². The molecule has 1 saturated heterocycles. The van der Waals surface area contributed by atoms with Gasteiger partial charge in [0.2, 0.25) is 5.91 Å². The van der Waals surface area contributed by atoms with Gasteiger partial charge in [-0.1, -0.05) is 0 Å². The third-order valence-corrected chi connectivity index (χ3v) is 2.79. The minimum absolute atomic E-state index is 0.0946. The van der Waals surface area contributed by atoms with Crippen molar-refractivity contribution in [2.24, 2.45) is 5.92 Å². The molecule has 1 fully saturated rings. The van der Waals surface area contributed by atoms with Gasteiger partial charge in [0.1, 0.15) is 0 Å². The summed E-state index contributed by atoms with van der Waals surface area (Å²) in [6.07, 6.45) is 1.96. The van der Waals surface area contributed by atoms with Gasteiger partial charge < -0.3 is 10.4 Å². The van der Waals surface area contributed by atoms with Crippen molar-refractivity contribution in [2.75, 3.05) is 26.2 Å². The van der Waals surface area contributed by atoms with Gasteiger partial charge in [-0.2, -0.15) is 0 Å². The molecule has 2 N–H and O–H groups in total. The van der Waals surface area contributed by atoms with Crippen molar-refractivity contribution in [1.29, 1.82) is 0 Å². The van der Waals surface area contributed by atoms with Gasteiger partial charge in [-0.15, -0.1) is 0 Å². The second-order valence-corrected chi connectivity index (χ2v) is 5.70. The molecule has 0 spiro atoms. The molecule has 94 valence electrons. The summed E-state index contributed by atoms with van der Waals surface area (Å²) in [5.74, 6) is 0.657. The molecule has 1 aliphatic rings. The molecule has 1 unspecified atom stereocenters. The van der Waals surface area contributed by atoms with Crippen LogP contribution in [0.3, 0.4) is 0 Å². The molecule has 1 rings (SSSR count). The van der Waals surface area contributed by atoms with Crippen LogP contribution in [0.1, 0.15) is 33.6 Å². The first-order chi connectivity index (χ1) is 7.40. The molecule has 1 atom stereocenters. The molecule has 4 heteroatoms. The molecule has 0 aliphatic carbocycles. The highest BCUT2D eigenvalue weighted by Gasteiger charge is 2.24. The van der Waals surface area contributed by atoms with Gasteiger partial charge in [-0.25, -0.2) is 0 Å². The normalized spacial score (nSPS) is 22.4. The number of rotatable bonds is 4. The maximum atomic E-state index is 11.7. The molecule has 0 radical (unpaired) electrons. The van der Waals surface area contributed by atoms with E-state index >= 15 is 0 Å². The SMILES string of the molecule is CC(C)(C)NC(=O)CN1CCC(CCO)C1. The van der Waals surface area contributed by atoms with Crippen LogP contribution in [-0.2, 0) is 4.79 Å². The Balaban J connectivity index is 2.26. The first kappa shape index (κ1) is 13.5. The van der Waals surface area contributed by atoms with Crippen LogP contribution in [-0.4, -0.2) is 47.7 Å². The fourth-order valence-electron chi connectivity index (χ4n) is 2.14. The van der Waals surface area contributed by atoms with Crippen LogP contribution < -0.4 is 5.32 Å². The molecule has 1 amide bonds. The molecule has 0 aromatic carbocycles. The number of nitrogens with zero attached hydrogens (tertiary/aromatic N) is 1. The highest BCUT2D eigenvalue weighted by molar-refractivity contribution is 5.78. The Morgan fingerprint density at radius 2 is 2.19 bits per heavy atom. The number of hydrogen-bond donors (Lipinski definition) is 2. The van der Waals surface area contributed by atoms with E-state index in [0.717, 1.165) is 25.9 Å². The van der Waals surface area contributed by atoms with Gasteiger partial charge >= 0.3 is 0 Å². The Morgan fingerprint density at radius 3 is 2.75 bits per heavy atom. The number of nitrogens with one attached hydrogen (secondary N) is 1. The van der Waals surface area contributed by atoms with E-state index in [-0.39, 0.29) is 18.1 Å². The smallest absolute Gasteiger partial charge is 0.234 e. The Bertz CT molecular complexity index is 236. The van der Waals surface area contributed by atoms with Crippen molar-refractivity contribution in [3.8, 4) is 0 Å². The number of likely N-dealkylation sites (tertiary alicyclic amines) is 1. The minimum atomic E-state index is -0.151. The number of aliphatic hydroxyl groups is 1. The van der Waals surface area contributed by atoms with Gasteiger partial charge in [0.05, 0.1) is 6.54 Å². The maximum Gasteiger partial charge on any atom is 0.234 e. The average molecular weight is 228 g/mol. The topological polar surface area (TPSA) is 52.6 Å². The molecule has 0 aromatic heterocycles. The van der Waals surface area contributed by atoms with Gasteiger partial charge in [0.25, 0.3) is 0 Å². The van der Waals surface area contributed by atoms with Crippen LogP contribution in [0.4, 0.5) is 0 Å². The summed E-state index contributed by atoms with van der Waals surface area (Å²) in [5, 5.41) is 11.8. The third kappa shape index (κ3) is 4.94. The van der Waals surface area contributed by atoms with Crippen LogP contribution in [0, 0.1) is 5.92 Å². The van der Waals surface area contributed by atoms with E-state index < -0.39 is 0 Å². The fourth-order valence-corrected chi connectivity index (χ4v) is 2.14. The largest absolute Gasteiger partial charge is 0.396 e. The van der Waals surface area contributed by atoms with Gasteiger partial charge in [-0.05, 0) is 46.1 Å². The number of carbonyl (C=O) groups is 1. The lowest BCUT2D eigenvalue weighted by Crippen LogP contribution is -2.45. The summed E-state index contributed by atoms with van der Waals surface area (Å²) < 4.78 is 0. The minimum Gasteiger partial charge on any atom is -0.396 e. The zero-order chi connectivity index (χ0) is 12.2. The fraction of sp³-hybridized carbons (Fsp3) is 0.917. The average Bonchev–Trinajstić information content (AvgIpc) is 2.49. The van der Waals surface area contributed by atoms with E-state index in [1.807, 2.05) is 20.8 Å². The molecule has 0 bridgehead atoms. The van der Waals surface area contributed by atoms with Gasteiger partial charge in [0.15, 0.2) is 0 Å². The van der Waals surface area contributed by atoms with Crippen molar-refractivity contribution in [1.82, 2.24) is 10.2 Å². The second-order valence-electron chi connectivity index (χ2n) is 5.70. The predicted molar refractivity (Wildman–Crippen MR) is 64.1 cm³/mol. The van der Waals surface area contributed by atoms with Crippen molar-refractivity contribution in [3.05, 3.63) is 0 Å². The Kier molecular flexibility index (Phi) is 4.74. The van der Waals surface area contributed by atoms with E-state index in [2.05, 4.69) is 10.2 Å². The predicted octanol–water partition coefficient (Wildman–Crippen LogP) is 0.605. The Hall–Kier alpha value is -0.610.